The second kappa shape index (κ2) is 6.93. The fraction of sp³-hybridized carbons (Fsp3) is 0.750. The summed E-state index contributed by atoms with van der Waals surface area (Å²) in [7, 11) is 1.64. The third-order valence-corrected chi connectivity index (χ3v) is 4.64. The first-order chi connectivity index (χ1) is 10.00. The van der Waals surface area contributed by atoms with Crippen molar-refractivity contribution in [3.8, 4) is 0 Å². The van der Waals surface area contributed by atoms with Gasteiger partial charge in [-0.1, -0.05) is 38.3 Å². The van der Waals surface area contributed by atoms with E-state index in [9.17, 15) is 4.79 Å². The first-order valence-electron chi connectivity index (χ1n) is 7.75. The van der Waals surface area contributed by atoms with Crippen molar-refractivity contribution in [3.63, 3.8) is 0 Å². The molecule has 0 radical (unpaired) electrons. The van der Waals surface area contributed by atoms with Crippen molar-refractivity contribution in [1.82, 2.24) is 9.78 Å². The zero-order valence-corrected chi connectivity index (χ0v) is 13.9. The van der Waals surface area contributed by atoms with Crippen LogP contribution in [0.4, 0.5) is 0 Å². The lowest BCUT2D eigenvalue weighted by atomic mass is 9.74. The molecule has 118 valence electrons. The van der Waals surface area contributed by atoms with E-state index in [-0.39, 0.29) is 11.2 Å². The van der Waals surface area contributed by atoms with Gasteiger partial charge in [-0.25, -0.2) is 0 Å². The van der Waals surface area contributed by atoms with Gasteiger partial charge in [0.2, 0.25) is 0 Å². The highest BCUT2D eigenvalue weighted by molar-refractivity contribution is 6.33. The van der Waals surface area contributed by atoms with Gasteiger partial charge < -0.3 is 4.74 Å². The van der Waals surface area contributed by atoms with Crippen molar-refractivity contribution in [2.45, 2.75) is 52.5 Å². The molecule has 0 bridgehead atoms. The van der Waals surface area contributed by atoms with E-state index in [0.717, 1.165) is 32.1 Å². The number of Topliss-reactive ketones (excluding diaryl/α,β-unsaturated/α-hetero) is 1. The second-order valence-electron chi connectivity index (χ2n) is 6.47. The van der Waals surface area contributed by atoms with Crippen LogP contribution in [0.5, 0.6) is 0 Å². The summed E-state index contributed by atoms with van der Waals surface area (Å²) in [5, 5.41) is 4.70. The summed E-state index contributed by atoms with van der Waals surface area (Å²) in [5.41, 5.74) is 0.319. The Bertz CT molecular complexity index is 490. The predicted octanol–water partition coefficient (Wildman–Crippen LogP) is 3.97. The number of methoxy groups -OCH3 is 1. The highest BCUT2D eigenvalue weighted by Gasteiger charge is 2.43. The summed E-state index contributed by atoms with van der Waals surface area (Å²) >= 11 is 6.25. The van der Waals surface area contributed by atoms with Gasteiger partial charge in [0, 0.05) is 12.5 Å². The highest BCUT2D eigenvalue weighted by atomic mass is 35.5. The van der Waals surface area contributed by atoms with E-state index in [2.05, 4.69) is 18.9 Å². The third kappa shape index (κ3) is 3.49. The number of ketones is 1. The lowest BCUT2D eigenvalue weighted by molar-refractivity contribution is 0.0744. The van der Waals surface area contributed by atoms with Crippen LogP contribution in [0.3, 0.4) is 0 Å². The molecule has 0 spiro atoms. The fourth-order valence-corrected chi connectivity index (χ4v) is 3.77. The summed E-state index contributed by atoms with van der Waals surface area (Å²) in [6.45, 7) is 5.44. The van der Waals surface area contributed by atoms with Gasteiger partial charge in [-0.2, -0.15) is 5.10 Å². The third-order valence-electron chi connectivity index (χ3n) is 4.36. The summed E-state index contributed by atoms with van der Waals surface area (Å²) in [6, 6.07) is 0. The average molecular weight is 313 g/mol. The Balaban J connectivity index is 2.31. The van der Waals surface area contributed by atoms with Crippen LogP contribution in [-0.4, -0.2) is 29.3 Å². The molecule has 1 fully saturated rings. The van der Waals surface area contributed by atoms with Crippen LogP contribution < -0.4 is 0 Å². The van der Waals surface area contributed by atoms with Crippen LogP contribution in [0.25, 0.3) is 0 Å². The molecule has 0 saturated heterocycles. The van der Waals surface area contributed by atoms with Gasteiger partial charge in [-0.3, -0.25) is 9.48 Å². The molecule has 1 aromatic rings. The van der Waals surface area contributed by atoms with Crippen molar-refractivity contribution in [2.75, 3.05) is 13.7 Å². The molecule has 1 aliphatic rings. The summed E-state index contributed by atoms with van der Waals surface area (Å²) in [6.07, 6.45) is 6.69. The number of aromatic nitrogens is 2. The maximum atomic E-state index is 13.2. The van der Waals surface area contributed by atoms with E-state index in [1.165, 1.54) is 0 Å². The fourth-order valence-electron chi connectivity index (χ4n) is 3.54. The van der Waals surface area contributed by atoms with Crippen LogP contribution in [-0.2, 0) is 11.3 Å². The Labute approximate surface area is 131 Å². The summed E-state index contributed by atoms with van der Waals surface area (Å²) < 4.78 is 6.79. The predicted molar refractivity (Wildman–Crippen MR) is 83.8 cm³/mol. The Kier molecular flexibility index (Phi) is 5.44. The molecule has 0 aromatic carbocycles. The molecule has 0 aliphatic heterocycles. The minimum Gasteiger partial charge on any atom is -0.383 e. The van der Waals surface area contributed by atoms with Crippen molar-refractivity contribution in [3.05, 3.63) is 16.9 Å². The zero-order valence-electron chi connectivity index (χ0n) is 13.2. The smallest absolute Gasteiger partial charge is 0.188 e. The number of ether oxygens (including phenoxy) is 1. The van der Waals surface area contributed by atoms with E-state index in [0.29, 0.717) is 29.8 Å². The lowest BCUT2D eigenvalue weighted by Gasteiger charge is -2.29. The molecule has 0 unspecified atom stereocenters. The molecule has 1 aliphatic carbocycles. The molecule has 1 heterocycles. The van der Waals surface area contributed by atoms with E-state index in [4.69, 9.17) is 16.3 Å². The molecule has 0 atom stereocenters. The maximum Gasteiger partial charge on any atom is 0.188 e. The Morgan fingerprint density at radius 1 is 1.48 bits per heavy atom. The first-order valence-corrected chi connectivity index (χ1v) is 8.13. The van der Waals surface area contributed by atoms with E-state index < -0.39 is 0 Å². The SMILES string of the molecule is COCCn1ncc(Cl)c1C(=O)C1(CC(C)C)CCCC1. The molecular formula is C16H25ClN2O2. The van der Waals surface area contributed by atoms with Crippen LogP contribution in [0, 0.1) is 11.3 Å². The molecule has 1 aromatic heterocycles. The normalized spacial score (nSPS) is 17.6. The highest BCUT2D eigenvalue weighted by Crippen LogP contribution is 2.46. The molecule has 1 saturated carbocycles. The first kappa shape index (κ1) is 16.5. The monoisotopic (exact) mass is 312 g/mol. The lowest BCUT2D eigenvalue weighted by Crippen LogP contribution is -2.32. The number of carbonyl (C=O) groups is 1. The standard InChI is InChI=1S/C16H25ClN2O2/c1-12(2)10-16(6-4-5-7-16)15(20)14-13(17)11-18-19(14)8-9-21-3/h11-12H,4-10H2,1-3H3. The average Bonchev–Trinajstić information content (AvgIpc) is 3.03. The van der Waals surface area contributed by atoms with Gasteiger partial charge in [0.25, 0.3) is 0 Å². The summed E-state index contributed by atoms with van der Waals surface area (Å²) in [4.78, 5) is 13.2. The van der Waals surface area contributed by atoms with Crippen LogP contribution in [0.1, 0.15) is 56.4 Å². The molecule has 21 heavy (non-hydrogen) atoms. The molecule has 0 amide bonds. The van der Waals surface area contributed by atoms with E-state index >= 15 is 0 Å². The van der Waals surface area contributed by atoms with Gasteiger partial charge in [0.05, 0.1) is 24.4 Å². The van der Waals surface area contributed by atoms with Gasteiger partial charge in [-0.05, 0) is 25.2 Å². The number of nitrogens with zero attached hydrogens (tertiary/aromatic N) is 2. The minimum absolute atomic E-state index is 0.173. The van der Waals surface area contributed by atoms with Crippen LogP contribution in [0.2, 0.25) is 5.02 Å². The Morgan fingerprint density at radius 2 is 2.14 bits per heavy atom. The zero-order chi connectivity index (χ0) is 15.5. The van der Waals surface area contributed by atoms with Crippen LogP contribution in [0.15, 0.2) is 6.20 Å². The van der Waals surface area contributed by atoms with Gasteiger partial charge in [0.1, 0.15) is 5.69 Å². The van der Waals surface area contributed by atoms with Crippen molar-refractivity contribution in [2.24, 2.45) is 11.3 Å². The molecule has 0 N–H and O–H groups in total. The maximum absolute atomic E-state index is 13.2. The number of hydrogen-bond donors (Lipinski definition) is 0. The van der Waals surface area contributed by atoms with Gasteiger partial charge in [-0.15, -0.1) is 0 Å². The van der Waals surface area contributed by atoms with Crippen molar-refractivity contribution < 1.29 is 9.53 Å². The largest absolute Gasteiger partial charge is 0.383 e. The quantitative estimate of drug-likeness (QED) is 0.715. The number of rotatable bonds is 7. The molecule has 5 heteroatoms. The van der Waals surface area contributed by atoms with Crippen molar-refractivity contribution >= 4 is 17.4 Å². The van der Waals surface area contributed by atoms with Crippen LogP contribution >= 0.6 is 11.6 Å². The molecular weight excluding hydrogens is 288 g/mol. The van der Waals surface area contributed by atoms with E-state index in [1.807, 2.05) is 0 Å². The number of carbonyl (C=O) groups excluding carboxylic acids is 1. The van der Waals surface area contributed by atoms with Gasteiger partial charge in [0.15, 0.2) is 5.78 Å². The Hall–Kier alpha value is -0.870. The summed E-state index contributed by atoms with van der Waals surface area (Å²) in [5.74, 6) is 0.675. The minimum atomic E-state index is -0.247. The molecule has 2 rings (SSSR count). The van der Waals surface area contributed by atoms with Gasteiger partial charge >= 0.3 is 0 Å². The number of halogens is 1. The molecule has 4 nitrogen and oxygen atoms in total. The number of hydrogen-bond acceptors (Lipinski definition) is 3. The van der Waals surface area contributed by atoms with Crippen molar-refractivity contribution in [1.29, 1.82) is 0 Å². The second-order valence-corrected chi connectivity index (χ2v) is 6.88. The topological polar surface area (TPSA) is 44.1 Å². The Morgan fingerprint density at radius 3 is 2.71 bits per heavy atom. The van der Waals surface area contributed by atoms with E-state index in [1.54, 1.807) is 18.0 Å².